The molecule has 29 heavy (non-hydrogen) atoms. The Hall–Kier alpha value is -1.05. The molecule has 1 saturated heterocycles. The number of hydrogen-bond acceptors (Lipinski definition) is 3. The van der Waals surface area contributed by atoms with Gasteiger partial charge >= 0.3 is 0 Å². The number of piperidine rings is 1. The van der Waals surface area contributed by atoms with Crippen molar-refractivity contribution in [1.82, 2.24) is 4.90 Å². The molecule has 2 aromatic rings. The number of unbranched alkanes of at least 4 members (excludes halogenated alkanes) is 1. The molecule has 1 aliphatic heterocycles. The topological polar surface area (TPSA) is 21.7 Å². The van der Waals surface area contributed by atoms with E-state index in [2.05, 4.69) is 11.8 Å². The van der Waals surface area contributed by atoms with E-state index in [1.807, 2.05) is 52.9 Å². The molecule has 6 heteroatoms. The molecule has 158 valence electrons. The summed E-state index contributed by atoms with van der Waals surface area (Å²) in [5.74, 6) is 1.31. The second-order valence-electron chi connectivity index (χ2n) is 7.88. The van der Waals surface area contributed by atoms with E-state index in [0.29, 0.717) is 9.32 Å². The van der Waals surface area contributed by atoms with Gasteiger partial charge in [0.05, 0.1) is 7.11 Å². The van der Waals surface area contributed by atoms with Crippen LogP contribution in [-0.2, 0) is 6.42 Å². The zero-order valence-electron chi connectivity index (χ0n) is 17.0. The lowest BCUT2D eigenvalue weighted by Gasteiger charge is -2.39. The third kappa shape index (κ3) is 6.46. The first-order valence-electron chi connectivity index (χ1n) is 10.1. The van der Waals surface area contributed by atoms with Crippen molar-refractivity contribution in [3.63, 3.8) is 0 Å². The van der Waals surface area contributed by atoms with Crippen LogP contribution in [0.25, 0.3) is 0 Å². The van der Waals surface area contributed by atoms with E-state index >= 15 is 0 Å². The van der Waals surface area contributed by atoms with Crippen LogP contribution in [-0.4, -0.2) is 37.2 Å². The summed E-state index contributed by atoms with van der Waals surface area (Å²) in [5.41, 5.74) is 0.962. The number of benzene rings is 2. The molecule has 0 aromatic heterocycles. The van der Waals surface area contributed by atoms with Gasteiger partial charge in [-0.3, -0.25) is 0 Å². The van der Waals surface area contributed by atoms with E-state index in [1.54, 1.807) is 7.11 Å². The summed E-state index contributed by atoms with van der Waals surface area (Å²) in [6.07, 6.45) is 5.11. The van der Waals surface area contributed by atoms with E-state index in [-0.39, 0.29) is 11.4 Å². The van der Waals surface area contributed by atoms with Gasteiger partial charge in [-0.1, -0.05) is 11.6 Å². The van der Waals surface area contributed by atoms with Gasteiger partial charge in [0, 0.05) is 27.7 Å². The number of hydrogen-bond donors (Lipinski definition) is 0. The van der Waals surface area contributed by atoms with E-state index in [4.69, 9.17) is 21.1 Å². The Labute approximate surface area is 191 Å². The van der Waals surface area contributed by atoms with Gasteiger partial charge in [0.25, 0.3) is 0 Å². The van der Waals surface area contributed by atoms with Crippen molar-refractivity contribution in [1.29, 1.82) is 0 Å². The van der Waals surface area contributed by atoms with Crippen LogP contribution in [0, 0.1) is 9.39 Å². The molecule has 3 rings (SSSR count). The number of rotatable bonds is 8. The summed E-state index contributed by atoms with van der Waals surface area (Å²) in [4.78, 5) is 2.51. The van der Waals surface area contributed by atoms with Crippen molar-refractivity contribution in [3.05, 3.63) is 56.4 Å². The number of ether oxygens (including phenoxy) is 2. The molecular formula is C23H28ClFINO2. The first kappa shape index (κ1) is 22.6. The molecule has 0 amide bonds. The summed E-state index contributed by atoms with van der Waals surface area (Å²) in [7, 11) is 1.60. The third-order valence-corrected chi connectivity index (χ3v) is 6.66. The first-order valence-corrected chi connectivity index (χ1v) is 11.5. The zero-order chi connectivity index (χ0) is 20.9. The number of aryl methyl sites for hydroxylation is 1. The Bertz CT molecular complexity index is 807. The molecule has 0 atom stereocenters. The van der Waals surface area contributed by atoms with Gasteiger partial charge in [-0.15, -0.1) is 0 Å². The van der Waals surface area contributed by atoms with Crippen LogP contribution < -0.4 is 9.47 Å². The van der Waals surface area contributed by atoms with E-state index in [9.17, 15) is 4.39 Å². The molecule has 3 nitrogen and oxygen atoms in total. The minimum absolute atomic E-state index is 0.123. The summed E-state index contributed by atoms with van der Waals surface area (Å²) < 4.78 is 25.9. The average Bonchev–Trinajstić information content (AvgIpc) is 2.71. The molecule has 1 heterocycles. The molecule has 0 aliphatic carbocycles. The fourth-order valence-corrected chi connectivity index (χ4v) is 4.40. The lowest BCUT2D eigenvalue weighted by Crippen LogP contribution is -2.46. The first-order chi connectivity index (χ1) is 13.9. The largest absolute Gasteiger partial charge is 0.496 e. The maximum absolute atomic E-state index is 13.7. The quantitative estimate of drug-likeness (QED) is 0.293. The molecular weight excluding hydrogens is 504 g/mol. The monoisotopic (exact) mass is 531 g/mol. The van der Waals surface area contributed by atoms with Crippen LogP contribution in [0.3, 0.4) is 0 Å². The van der Waals surface area contributed by atoms with Gasteiger partial charge in [0.2, 0.25) is 0 Å². The standard InChI is InChI=1S/C23H28ClFINO2/c1-23(29-19-8-6-18(24)7-9-19)10-13-27(14-11-23)12-4-3-5-17-15-21(26)20(25)16-22(17)28-2/h6-9,15-16H,3-5,10-14H2,1-2H3. The fourth-order valence-electron chi connectivity index (χ4n) is 3.74. The van der Waals surface area contributed by atoms with Crippen molar-refractivity contribution < 1.29 is 13.9 Å². The van der Waals surface area contributed by atoms with Gasteiger partial charge in [0.1, 0.15) is 22.9 Å². The molecule has 0 radical (unpaired) electrons. The second kappa shape index (κ2) is 10.3. The summed E-state index contributed by atoms with van der Waals surface area (Å²) in [6, 6.07) is 11.0. The minimum Gasteiger partial charge on any atom is -0.496 e. The number of halogens is 3. The predicted molar refractivity (Wildman–Crippen MR) is 125 cm³/mol. The normalized spacial score (nSPS) is 16.6. The molecule has 1 fully saturated rings. The summed E-state index contributed by atoms with van der Waals surface area (Å²) >= 11 is 7.99. The van der Waals surface area contributed by atoms with E-state index in [1.165, 1.54) is 6.07 Å². The average molecular weight is 532 g/mol. The highest BCUT2D eigenvalue weighted by molar-refractivity contribution is 14.1. The van der Waals surface area contributed by atoms with Crippen molar-refractivity contribution >= 4 is 34.2 Å². The lowest BCUT2D eigenvalue weighted by molar-refractivity contribution is 0.0164. The van der Waals surface area contributed by atoms with Crippen molar-refractivity contribution in [3.8, 4) is 11.5 Å². The summed E-state index contributed by atoms with van der Waals surface area (Å²) in [6.45, 7) is 5.36. The molecule has 0 spiro atoms. The van der Waals surface area contributed by atoms with Crippen molar-refractivity contribution in [2.24, 2.45) is 0 Å². The smallest absolute Gasteiger partial charge is 0.140 e. The Morgan fingerprint density at radius 1 is 1.14 bits per heavy atom. The highest BCUT2D eigenvalue weighted by Crippen LogP contribution is 2.30. The second-order valence-corrected chi connectivity index (χ2v) is 9.48. The van der Waals surface area contributed by atoms with Gasteiger partial charge in [-0.2, -0.15) is 0 Å². The van der Waals surface area contributed by atoms with Crippen LogP contribution >= 0.6 is 34.2 Å². The van der Waals surface area contributed by atoms with Crippen LogP contribution in [0.2, 0.25) is 5.02 Å². The summed E-state index contributed by atoms with van der Waals surface area (Å²) in [5, 5.41) is 0.727. The van der Waals surface area contributed by atoms with Crippen LogP contribution in [0.5, 0.6) is 11.5 Å². The van der Waals surface area contributed by atoms with Gasteiger partial charge < -0.3 is 14.4 Å². The molecule has 1 aliphatic rings. The maximum Gasteiger partial charge on any atom is 0.140 e. The lowest BCUT2D eigenvalue weighted by atomic mass is 9.93. The Morgan fingerprint density at radius 3 is 2.48 bits per heavy atom. The number of nitrogens with zero attached hydrogens (tertiary/aromatic N) is 1. The van der Waals surface area contributed by atoms with Crippen molar-refractivity contribution in [2.45, 2.75) is 44.6 Å². The van der Waals surface area contributed by atoms with E-state index < -0.39 is 0 Å². The third-order valence-electron chi connectivity index (χ3n) is 5.59. The Morgan fingerprint density at radius 2 is 1.83 bits per heavy atom. The fraction of sp³-hybridized carbons (Fsp3) is 0.478. The van der Waals surface area contributed by atoms with Crippen LogP contribution in [0.1, 0.15) is 38.2 Å². The number of likely N-dealkylation sites (tertiary alicyclic amines) is 1. The highest BCUT2D eigenvalue weighted by Gasteiger charge is 2.31. The van der Waals surface area contributed by atoms with E-state index in [0.717, 1.165) is 68.1 Å². The van der Waals surface area contributed by atoms with Crippen LogP contribution in [0.15, 0.2) is 36.4 Å². The zero-order valence-corrected chi connectivity index (χ0v) is 19.9. The highest BCUT2D eigenvalue weighted by atomic mass is 127. The van der Waals surface area contributed by atoms with Crippen molar-refractivity contribution in [2.75, 3.05) is 26.7 Å². The molecule has 2 aromatic carbocycles. The van der Waals surface area contributed by atoms with Gasteiger partial charge in [-0.05, 0) is 104 Å². The molecule has 0 saturated carbocycles. The predicted octanol–water partition coefficient (Wildman–Crippen LogP) is 6.35. The minimum atomic E-state index is -0.219. The van der Waals surface area contributed by atoms with Gasteiger partial charge in [-0.25, -0.2) is 4.39 Å². The SMILES string of the molecule is COc1cc(F)c(I)cc1CCCCN1CCC(C)(Oc2ccc(Cl)cc2)CC1. The molecule has 0 bridgehead atoms. The Kier molecular flexibility index (Phi) is 8.05. The molecule has 0 unspecified atom stereocenters. The van der Waals surface area contributed by atoms with Crippen LogP contribution in [0.4, 0.5) is 4.39 Å². The van der Waals surface area contributed by atoms with Gasteiger partial charge in [0.15, 0.2) is 0 Å². The maximum atomic E-state index is 13.7. The number of methoxy groups -OCH3 is 1. The molecule has 0 N–H and O–H groups in total. The Balaban J connectivity index is 1.41.